The lowest BCUT2D eigenvalue weighted by molar-refractivity contribution is 0.0773. The molecule has 2 aromatic rings. The molecule has 1 saturated heterocycles. The van der Waals surface area contributed by atoms with Gasteiger partial charge in [0.2, 0.25) is 5.89 Å². The summed E-state index contributed by atoms with van der Waals surface area (Å²) in [5.74, 6) is 1.95. The van der Waals surface area contributed by atoms with E-state index in [0.717, 1.165) is 44.3 Å². The van der Waals surface area contributed by atoms with Gasteiger partial charge in [0.1, 0.15) is 0 Å². The molecule has 5 nitrogen and oxygen atoms in total. The topological polar surface area (TPSA) is 60.2 Å². The average molecular weight is 285 g/mol. The van der Waals surface area contributed by atoms with Crippen molar-refractivity contribution in [1.29, 1.82) is 0 Å². The van der Waals surface area contributed by atoms with Crippen molar-refractivity contribution in [3.05, 3.63) is 47.1 Å². The molecule has 0 spiro atoms. The molecule has 3 heterocycles. The minimum absolute atomic E-state index is 0.153. The van der Waals surface area contributed by atoms with Crippen LogP contribution in [0.1, 0.15) is 47.5 Å². The van der Waals surface area contributed by atoms with Gasteiger partial charge in [-0.25, -0.2) is 0 Å². The minimum Gasteiger partial charge on any atom is -0.381 e. The number of ether oxygens (including phenoxy) is 1. The molecular formula is C16H19N3O2. The van der Waals surface area contributed by atoms with Crippen molar-refractivity contribution >= 4 is 0 Å². The van der Waals surface area contributed by atoms with Crippen molar-refractivity contribution in [2.75, 3.05) is 19.8 Å². The van der Waals surface area contributed by atoms with Crippen LogP contribution in [0.3, 0.4) is 0 Å². The van der Waals surface area contributed by atoms with Crippen molar-refractivity contribution < 1.29 is 9.26 Å². The smallest absolute Gasteiger partial charge is 0.235 e. The second-order valence-corrected chi connectivity index (χ2v) is 5.79. The largest absolute Gasteiger partial charge is 0.381 e. The van der Waals surface area contributed by atoms with Crippen LogP contribution in [-0.4, -0.2) is 29.9 Å². The van der Waals surface area contributed by atoms with Gasteiger partial charge in [-0.3, -0.25) is 0 Å². The third-order valence-electron chi connectivity index (χ3n) is 4.38. The molecule has 0 bridgehead atoms. The summed E-state index contributed by atoms with van der Waals surface area (Å²) in [4.78, 5) is 4.66. The van der Waals surface area contributed by atoms with Crippen molar-refractivity contribution in [2.24, 2.45) is 0 Å². The van der Waals surface area contributed by atoms with Gasteiger partial charge in [0.05, 0.1) is 12.5 Å². The first-order valence-electron chi connectivity index (χ1n) is 7.61. The normalized spacial score (nSPS) is 25.5. The number of hydrogen-bond acceptors (Lipinski definition) is 5. The Kier molecular flexibility index (Phi) is 3.45. The van der Waals surface area contributed by atoms with E-state index in [1.54, 1.807) is 0 Å². The number of fused-ring (bicyclic) bond motifs is 1. The molecule has 1 aromatic carbocycles. The molecule has 21 heavy (non-hydrogen) atoms. The Morgan fingerprint density at radius 1 is 1.24 bits per heavy atom. The van der Waals surface area contributed by atoms with Gasteiger partial charge in [-0.15, -0.1) is 0 Å². The molecule has 1 fully saturated rings. The van der Waals surface area contributed by atoms with Gasteiger partial charge in [0.15, 0.2) is 5.82 Å². The fraction of sp³-hybridized carbons (Fsp3) is 0.500. The van der Waals surface area contributed by atoms with Crippen LogP contribution >= 0.6 is 0 Å². The minimum atomic E-state index is 0.153. The van der Waals surface area contributed by atoms with Crippen LogP contribution in [0.2, 0.25) is 0 Å². The number of nitrogens with one attached hydrogen (secondary N) is 1. The van der Waals surface area contributed by atoms with E-state index in [4.69, 9.17) is 9.26 Å². The molecule has 0 aliphatic carbocycles. The summed E-state index contributed by atoms with van der Waals surface area (Å²) in [6, 6.07) is 8.46. The summed E-state index contributed by atoms with van der Waals surface area (Å²) < 4.78 is 11.1. The first kappa shape index (κ1) is 13.0. The maximum Gasteiger partial charge on any atom is 0.235 e. The standard InChI is InChI=1S/C16H19N3O2/c1-2-6-13-11(4-1)8-17-9-14(13)16-18-15(19-21-16)12-5-3-7-20-10-12/h1-2,4,6,12,14,17H,3,5,7-10H2. The molecule has 0 saturated carbocycles. The van der Waals surface area contributed by atoms with Gasteiger partial charge in [0, 0.05) is 25.6 Å². The number of hydrogen-bond donors (Lipinski definition) is 1. The molecule has 1 aromatic heterocycles. The highest BCUT2D eigenvalue weighted by Crippen LogP contribution is 2.30. The van der Waals surface area contributed by atoms with Crippen LogP contribution in [-0.2, 0) is 11.3 Å². The molecule has 2 aliphatic rings. The second kappa shape index (κ2) is 5.58. The predicted molar refractivity (Wildman–Crippen MR) is 77.1 cm³/mol. The predicted octanol–water partition coefficient (Wildman–Crippen LogP) is 2.20. The molecule has 0 amide bonds. The SMILES string of the molecule is c1ccc2c(c1)CNCC2c1nc(C2CCCOC2)no1. The average Bonchev–Trinajstić information content (AvgIpc) is 3.05. The van der Waals surface area contributed by atoms with Gasteiger partial charge in [-0.2, -0.15) is 4.98 Å². The van der Waals surface area contributed by atoms with Gasteiger partial charge < -0.3 is 14.6 Å². The summed E-state index contributed by atoms with van der Waals surface area (Å²) in [7, 11) is 0. The highest BCUT2D eigenvalue weighted by Gasteiger charge is 2.28. The van der Waals surface area contributed by atoms with Gasteiger partial charge >= 0.3 is 0 Å². The lowest BCUT2D eigenvalue weighted by Gasteiger charge is -2.23. The number of rotatable bonds is 2. The molecular weight excluding hydrogens is 266 g/mol. The van der Waals surface area contributed by atoms with E-state index in [1.807, 2.05) is 0 Å². The molecule has 4 rings (SSSR count). The number of nitrogens with zero attached hydrogens (tertiary/aromatic N) is 2. The van der Waals surface area contributed by atoms with Crippen molar-refractivity contribution in [1.82, 2.24) is 15.5 Å². The van der Waals surface area contributed by atoms with E-state index in [-0.39, 0.29) is 11.8 Å². The Morgan fingerprint density at radius 2 is 2.19 bits per heavy atom. The molecule has 110 valence electrons. The summed E-state index contributed by atoms with van der Waals surface area (Å²) in [6.45, 7) is 3.31. The fourth-order valence-corrected chi connectivity index (χ4v) is 3.22. The molecule has 5 heteroatoms. The van der Waals surface area contributed by atoms with Crippen molar-refractivity contribution in [3.63, 3.8) is 0 Å². The zero-order valence-corrected chi connectivity index (χ0v) is 11.9. The van der Waals surface area contributed by atoms with Gasteiger partial charge in [-0.1, -0.05) is 29.4 Å². The quantitative estimate of drug-likeness (QED) is 0.916. The molecule has 0 radical (unpaired) electrons. The third-order valence-corrected chi connectivity index (χ3v) is 4.38. The lowest BCUT2D eigenvalue weighted by Crippen LogP contribution is -2.29. The van der Waals surface area contributed by atoms with Crippen LogP contribution in [0.15, 0.2) is 28.8 Å². The Balaban J connectivity index is 1.61. The first-order valence-corrected chi connectivity index (χ1v) is 7.61. The molecule has 2 atom stereocenters. The van der Waals surface area contributed by atoms with Crippen LogP contribution in [0.25, 0.3) is 0 Å². The summed E-state index contributed by atoms with van der Waals surface area (Å²) in [6.07, 6.45) is 2.15. The molecule has 2 unspecified atom stereocenters. The Morgan fingerprint density at radius 3 is 3.10 bits per heavy atom. The zero-order chi connectivity index (χ0) is 14.1. The molecule has 1 N–H and O–H groups in total. The Hall–Kier alpha value is -1.72. The highest BCUT2D eigenvalue weighted by atomic mass is 16.5. The van der Waals surface area contributed by atoms with Crippen molar-refractivity contribution in [2.45, 2.75) is 31.2 Å². The first-order chi connectivity index (χ1) is 10.4. The number of benzene rings is 1. The van der Waals surface area contributed by atoms with Crippen LogP contribution in [0, 0.1) is 0 Å². The fourth-order valence-electron chi connectivity index (χ4n) is 3.22. The van der Waals surface area contributed by atoms with E-state index >= 15 is 0 Å². The van der Waals surface area contributed by atoms with Gasteiger partial charge in [0.25, 0.3) is 0 Å². The Bertz CT molecular complexity index is 619. The summed E-state index contributed by atoms with van der Waals surface area (Å²) in [5.41, 5.74) is 2.61. The molecule has 2 aliphatic heterocycles. The van der Waals surface area contributed by atoms with E-state index in [1.165, 1.54) is 11.1 Å². The lowest BCUT2D eigenvalue weighted by atomic mass is 9.91. The van der Waals surface area contributed by atoms with E-state index in [0.29, 0.717) is 6.61 Å². The monoisotopic (exact) mass is 285 g/mol. The van der Waals surface area contributed by atoms with Crippen molar-refractivity contribution in [3.8, 4) is 0 Å². The Labute approximate surface area is 123 Å². The van der Waals surface area contributed by atoms with Crippen LogP contribution < -0.4 is 5.32 Å². The van der Waals surface area contributed by atoms with Gasteiger partial charge in [-0.05, 0) is 24.0 Å². The van der Waals surface area contributed by atoms with Crippen LogP contribution in [0.4, 0.5) is 0 Å². The zero-order valence-electron chi connectivity index (χ0n) is 11.9. The third kappa shape index (κ3) is 2.47. The number of aromatic nitrogens is 2. The maximum atomic E-state index is 5.56. The summed E-state index contributed by atoms with van der Waals surface area (Å²) >= 11 is 0. The maximum absolute atomic E-state index is 5.56. The highest BCUT2D eigenvalue weighted by molar-refractivity contribution is 5.35. The van der Waals surface area contributed by atoms with E-state index in [2.05, 4.69) is 39.7 Å². The van der Waals surface area contributed by atoms with E-state index in [9.17, 15) is 0 Å². The van der Waals surface area contributed by atoms with E-state index < -0.39 is 0 Å². The summed E-state index contributed by atoms with van der Waals surface area (Å²) in [5, 5.41) is 7.62. The van der Waals surface area contributed by atoms with Crippen LogP contribution in [0.5, 0.6) is 0 Å². The second-order valence-electron chi connectivity index (χ2n) is 5.79.